The van der Waals surface area contributed by atoms with Crippen molar-refractivity contribution in [2.45, 2.75) is 6.61 Å². The quantitative estimate of drug-likeness (QED) is 0.909. The fraction of sp³-hybridized carbons (Fsp3) is 0.143. The molecule has 0 spiro atoms. The largest absolute Gasteiger partial charge is 0.333 e. The fourth-order valence-electron chi connectivity index (χ4n) is 0.811. The van der Waals surface area contributed by atoms with Gasteiger partial charge < -0.3 is 0 Å². The van der Waals surface area contributed by atoms with Crippen molar-refractivity contribution in [1.29, 1.82) is 0 Å². The average molecular weight is 284 g/mol. The monoisotopic (exact) mass is 283 g/mol. The van der Waals surface area contributed by atoms with Gasteiger partial charge in [0.25, 0.3) is 0 Å². The fourth-order valence-corrected chi connectivity index (χ4v) is 1.55. The highest BCUT2D eigenvalue weighted by Crippen LogP contribution is 2.20. The zero-order valence-corrected chi connectivity index (χ0v) is 9.31. The summed E-state index contributed by atoms with van der Waals surface area (Å²) in [6, 6.07) is 4.26. The maximum absolute atomic E-state index is 13.1. The first-order chi connectivity index (χ1) is 6.40. The van der Waals surface area contributed by atoms with Crippen molar-refractivity contribution >= 4 is 26.2 Å². The molecule has 0 aromatic heterocycles. The molecule has 14 heavy (non-hydrogen) atoms. The van der Waals surface area contributed by atoms with Crippen LogP contribution in [0.2, 0.25) is 0 Å². The number of benzene rings is 1. The Labute approximate surface area is 89.3 Å². The van der Waals surface area contributed by atoms with Gasteiger partial charge in [-0.15, -0.1) is 0 Å². The lowest BCUT2D eigenvalue weighted by Gasteiger charge is -2.04. The molecular weight excluding hydrogens is 277 g/mol. The van der Waals surface area contributed by atoms with E-state index in [9.17, 15) is 12.8 Å². The Bertz CT molecular complexity index is 414. The lowest BCUT2D eigenvalue weighted by Crippen LogP contribution is -2.16. The first kappa shape index (κ1) is 11.6. The van der Waals surface area contributed by atoms with Gasteiger partial charge in [-0.1, -0.05) is 22.0 Å². The van der Waals surface area contributed by atoms with Crippen LogP contribution in [0.25, 0.3) is 0 Å². The number of hydrogen-bond donors (Lipinski definition) is 1. The normalized spacial score (nSPS) is 11.6. The maximum atomic E-state index is 13.1. The smallest absolute Gasteiger partial charge is 0.253 e. The summed E-state index contributed by atoms with van der Waals surface area (Å²) in [5.41, 5.74) is 0.113. The molecule has 0 amide bonds. The van der Waals surface area contributed by atoms with Crippen molar-refractivity contribution in [2.75, 3.05) is 0 Å². The molecule has 0 radical (unpaired) electrons. The molecule has 0 bridgehead atoms. The first-order valence-electron chi connectivity index (χ1n) is 3.50. The van der Waals surface area contributed by atoms with Crippen LogP contribution in [0.4, 0.5) is 4.39 Å². The molecule has 0 saturated heterocycles. The van der Waals surface area contributed by atoms with E-state index >= 15 is 0 Å². The molecule has 0 aliphatic heterocycles. The van der Waals surface area contributed by atoms with Crippen LogP contribution in [0.1, 0.15) is 5.56 Å². The van der Waals surface area contributed by atoms with Crippen LogP contribution in [0, 0.1) is 5.82 Å². The van der Waals surface area contributed by atoms with Gasteiger partial charge in [0.1, 0.15) is 5.82 Å². The Morgan fingerprint density at radius 2 is 2.14 bits per heavy atom. The van der Waals surface area contributed by atoms with Crippen LogP contribution in [0.3, 0.4) is 0 Å². The summed E-state index contributed by atoms with van der Waals surface area (Å²) in [6.07, 6.45) is 0. The van der Waals surface area contributed by atoms with Crippen LogP contribution >= 0.6 is 15.9 Å². The predicted molar refractivity (Wildman–Crippen MR) is 52.0 cm³/mol. The molecule has 0 heterocycles. The molecule has 0 atom stereocenters. The predicted octanol–water partition coefficient (Wildman–Crippen LogP) is 1.31. The Kier molecular flexibility index (Phi) is 3.59. The van der Waals surface area contributed by atoms with Crippen molar-refractivity contribution in [1.82, 2.24) is 0 Å². The molecule has 7 heteroatoms. The second kappa shape index (κ2) is 4.35. The number of halogens is 2. The molecule has 0 fully saturated rings. The van der Waals surface area contributed by atoms with Crippen LogP contribution in [-0.4, -0.2) is 8.42 Å². The molecule has 2 N–H and O–H groups in total. The highest BCUT2D eigenvalue weighted by atomic mass is 79.9. The lowest BCUT2D eigenvalue weighted by molar-refractivity contribution is 0.302. The topological polar surface area (TPSA) is 69.4 Å². The Hall–Kier alpha value is -0.500. The van der Waals surface area contributed by atoms with Crippen LogP contribution in [0.15, 0.2) is 22.7 Å². The number of nitrogens with two attached hydrogens (primary N) is 1. The van der Waals surface area contributed by atoms with Gasteiger partial charge >= 0.3 is 10.3 Å². The summed E-state index contributed by atoms with van der Waals surface area (Å²) in [4.78, 5) is 0. The van der Waals surface area contributed by atoms with Gasteiger partial charge in [0.15, 0.2) is 0 Å². The van der Waals surface area contributed by atoms with Gasteiger partial charge in [-0.05, 0) is 12.1 Å². The second-order valence-electron chi connectivity index (χ2n) is 2.46. The molecule has 1 aromatic carbocycles. The third-order valence-electron chi connectivity index (χ3n) is 1.43. The van der Waals surface area contributed by atoms with E-state index in [-0.39, 0.29) is 5.56 Å². The summed E-state index contributed by atoms with van der Waals surface area (Å²) < 4.78 is 38.7. The van der Waals surface area contributed by atoms with E-state index in [4.69, 9.17) is 0 Å². The van der Waals surface area contributed by atoms with Crippen molar-refractivity contribution in [3.63, 3.8) is 0 Å². The molecule has 0 aliphatic rings. The molecule has 4 nitrogen and oxygen atoms in total. The second-order valence-corrected chi connectivity index (χ2v) is 4.53. The molecule has 1 rings (SSSR count). The van der Waals surface area contributed by atoms with E-state index in [2.05, 4.69) is 25.3 Å². The molecule has 0 aliphatic carbocycles. The van der Waals surface area contributed by atoms with Gasteiger partial charge in [0.05, 0.1) is 6.61 Å². The summed E-state index contributed by atoms with van der Waals surface area (Å²) in [5, 5.41) is 4.60. The summed E-state index contributed by atoms with van der Waals surface area (Å²) in [7, 11) is -4.04. The molecule has 1 aromatic rings. The third kappa shape index (κ3) is 3.33. The van der Waals surface area contributed by atoms with Crippen LogP contribution in [0.5, 0.6) is 0 Å². The van der Waals surface area contributed by atoms with E-state index in [0.717, 1.165) is 0 Å². The summed E-state index contributed by atoms with van der Waals surface area (Å²) in [5.74, 6) is -0.553. The number of rotatable bonds is 3. The third-order valence-corrected chi connectivity index (χ3v) is 2.62. The Morgan fingerprint density at radius 1 is 1.50 bits per heavy atom. The minimum absolute atomic E-state index is 0.113. The molecule has 0 unspecified atom stereocenters. The Morgan fingerprint density at radius 3 is 2.64 bits per heavy atom. The minimum Gasteiger partial charge on any atom is -0.253 e. The van der Waals surface area contributed by atoms with E-state index < -0.39 is 22.7 Å². The van der Waals surface area contributed by atoms with Crippen LogP contribution < -0.4 is 5.14 Å². The summed E-state index contributed by atoms with van der Waals surface area (Å²) >= 11 is 3.06. The first-order valence-corrected chi connectivity index (χ1v) is 5.76. The standard InChI is InChI=1S/C7H7BrFNO3S/c8-6-2-1-3-7(9)5(6)4-13-14(10,11)12/h1-3H,4H2,(H2,10,11,12). The summed E-state index contributed by atoms with van der Waals surface area (Å²) in [6.45, 7) is -0.425. The molecule has 78 valence electrons. The Balaban J connectivity index is 2.87. The van der Waals surface area contributed by atoms with Crippen molar-refractivity contribution in [2.24, 2.45) is 5.14 Å². The SMILES string of the molecule is NS(=O)(=O)OCc1c(F)cccc1Br. The van der Waals surface area contributed by atoms with Crippen molar-refractivity contribution in [3.8, 4) is 0 Å². The van der Waals surface area contributed by atoms with Crippen LogP contribution in [-0.2, 0) is 21.1 Å². The van der Waals surface area contributed by atoms with E-state index in [1.165, 1.54) is 12.1 Å². The van der Waals surface area contributed by atoms with E-state index in [0.29, 0.717) is 4.47 Å². The maximum Gasteiger partial charge on any atom is 0.333 e. The minimum atomic E-state index is -4.04. The average Bonchev–Trinajstić information content (AvgIpc) is 2.01. The van der Waals surface area contributed by atoms with Gasteiger partial charge in [0.2, 0.25) is 0 Å². The van der Waals surface area contributed by atoms with Gasteiger partial charge in [-0.25, -0.2) is 9.53 Å². The van der Waals surface area contributed by atoms with Crippen molar-refractivity contribution in [3.05, 3.63) is 34.1 Å². The van der Waals surface area contributed by atoms with Gasteiger partial charge in [-0.3, -0.25) is 4.18 Å². The molecule has 0 saturated carbocycles. The van der Waals surface area contributed by atoms with Gasteiger partial charge in [0, 0.05) is 10.0 Å². The van der Waals surface area contributed by atoms with Crippen molar-refractivity contribution < 1.29 is 17.0 Å². The highest BCUT2D eigenvalue weighted by Gasteiger charge is 2.10. The highest BCUT2D eigenvalue weighted by molar-refractivity contribution is 9.10. The van der Waals surface area contributed by atoms with E-state index in [1.54, 1.807) is 6.07 Å². The lowest BCUT2D eigenvalue weighted by atomic mass is 10.2. The molecular formula is C7H7BrFNO3S. The zero-order valence-electron chi connectivity index (χ0n) is 6.91. The number of hydrogen-bond acceptors (Lipinski definition) is 3. The zero-order chi connectivity index (χ0) is 10.8. The van der Waals surface area contributed by atoms with Gasteiger partial charge in [-0.2, -0.15) is 8.42 Å². The van der Waals surface area contributed by atoms with E-state index in [1.807, 2.05) is 0 Å².